The minimum atomic E-state index is 0.178. The molecule has 4 aromatic rings. The zero-order valence-corrected chi connectivity index (χ0v) is 19.6. The van der Waals surface area contributed by atoms with Crippen molar-refractivity contribution in [3.63, 3.8) is 0 Å². The van der Waals surface area contributed by atoms with E-state index in [9.17, 15) is 5.26 Å². The fourth-order valence-electron chi connectivity index (χ4n) is 5.27. The molecule has 0 N–H and O–H groups in total. The minimum absolute atomic E-state index is 0.178. The van der Waals surface area contributed by atoms with Gasteiger partial charge in [-0.2, -0.15) is 5.26 Å². The molecule has 1 unspecified atom stereocenters. The second-order valence-corrected chi connectivity index (χ2v) is 9.03. The predicted molar refractivity (Wildman–Crippen MR) is 135 cm³/mol. The van der Waals surface area contributed by atoms with Crippen molar-refractivity contribution in [2.24, 2.45) is 0 Å². The van der Waals surface area contributed by atoms with Crippen LogP contribution in [0.2, 0.25) is 0 Å². The second-order valence-electron chi connectivity index (χ2n) is 9.03. The molecule has 0 saturated heterocycles. The number of nitriles is 1. The topological polar surface area (TPSA) is 41.6 Å². The summed E-state index contributed by atoms with van der Waals surface area (Å²) in [6.45, 7) is 6.63. The third-order valence-electron chi connectivity index (χ3n) is 6.94. The average molecular weight is 432 g/mol. The Kier molecular flexibility index (Phi) is 5.60. The molecule has 1 heterocycles. The number of aryl methyl sites for hydroxylation is 4. The largest absolute Gasteiger partial charge is 0.321 e. The quantitative estimate of drug-likeness (QED) is 0.328. The maximum atomic E-state index is 9.50. The highest BCUT2D eigenvalue weighted by atomic mass is 15.1. The summed E-state index contributed by atoms with van der Waals surface area (Å²) in [7, 11) is 0. The zero-order chi connectivity index (χ0) is 22.9. The normalized spacial score (nSPS) is 15.0. The molecule has 164 valence electrons. The Balaban J connectivity index is 1.62. The van der Waals surface area contributed by atoms with Gasteiger partial charge in [-0.3, -0.25) is 0 Å². The molecule has 0 amide bonds. The van der Waals surface area contributed by atoms with Gasteiger partial charge in [-0.1, -0.05) is 61.5 Å². The van der Waals surface area contributed by atoms with Crippen LogP contribution >= 0.6 is 0 Å². The molecule has 0 fully saturated rings. The molecule has 0 aliphatic heterocycles. The lowest BCUT2D eigenvalue weighted by Gasteiger charge is -2.20. The van der Waals surface area contributed by atoms with Crippen LogP contribution in [0.3, 0.4) is 0 Å². The van der Waals surface area contributed by atoms with Crippen LogP contribution < -0.4 is 0 Å². The molecular weight excluding hydrogens is 402 g/mol. The Labute approximate surface area is 196 Å². The lowest BCUT2D eigenvalue weighted by molar-refractivity contribution is 0.611. The Morgan fingerprint density at radius 3 is 2.64 bits per heavy atom. The van der Waals surface area contributed by atoms with Crippen molar-refractivity contribution in [3.8, 4) is 6.07 Å². The summed E-state index contributed by atoms with van der Waals surface area (Å²) in [4.78, 5) is 5.03. The first-order chi connectivity index (χ1) is 16.1. The molecule has 0 radical (unpaired) electrons. The number of imidazole rings is 1. The number of aromatic nitrogens is 2. The molecule has 3 nitrogen and oxygen atoms in total. The fourth-order valence-corrected chi connectivity index (χ4v) is 5.27. The lowest BCUT2D eigenvalue weighted by atomic mass is 9.92. The molecule has 1 aliphatic carbocycles. The number of hydrogen-bond acceptors (Lipinski definition) is 2. The van der Waals surface area contributed by atoms with E-state index in [0.717, 1.165) is 42.6 Å². The smallest absolute Gasteiger partial charge is 0.110 e. The maximum Gasteiger partial charge on any atom is 0.110 e. The fraction of sp³-hybridized carbons (Fsp3) is 0.267. The molecule has 0 spiro atoms. The molecule has 1 aromatic heterocycles. The van der Waals surface area contributed by atoms with Crippen LogP contribution in [-0.2, 0) is 19.3 Å². The van der Waals surface area contributed by atoms with Gasteiger partial charge in [0.2, 0.25) is 0 Å². The average Bonchev–Trinajstić information content (AvgIpc) is 3.13. The van der Waals surface area contributed by atoms with E-state index in [0.29, 0.717) is 0 Å². The van der Waals surface area contributed by atoms with E-state index in [1.54, 1.807) is 6.08 Å². The summed E-state index contributed by atoms with van der Waals surface area (Å²) >= 11 is 0. The van der Waals surface area contributed by atoms with Crippen LogP contribution in [0.15, 0.2) is 66.7 Å². The van der Waals surface area contributed by atoms with Crippen molar-refractivity contribution in [1.82, 2.24) is 9.55 Å². The monoisotopic (exact) mass is 431 g/mol. The van der Waals surface area contributed by atoms with Gasteiger partial charge in [0.15, 0.2) is 0 Å². The van der Waals surface area contributed by atoms with Gasteiger partial charge in [-0.25, -0.2) is 4.98 Å². The number of rotatable bonds is 4. The van der Waals surface area contributed by atoms with Crippen molar-refractivity contribution in [2.75, 3.05) is 0 Å². The summed E-state index contributed by atoms with van der Waals surface area (Å²) in [6.07, 6.45) is 5.70. The lowest BCUT2D eigenvalue weighted by Crippen LogP contribution is -2.11. The van der Waals surface area contributed by atoms with Gasteiger partial charge in [0.05, 0.1) is 23.1 Å². The number of allylic oxidation sites excluding steroid dienone is 1. The highest BCUT2D eigenvalue weighted by Gasteiger charge is 2.22. The molecular formula is C30H29N3. The minimum Gasteiger partial charge on any atom is -0.321 e. The highest BCUT2D eigenvalue weighted by molar-refractivity contribution is 5.85. The van der Waals surface area contributed by atoms with Gasteiger partial charge in [0.1, 0.15) is 5.82 Å². The van der Waals surface area contributed by atoms with Gasteiger partial charge in [0, 0.05) is 12.5 Å². The van der Waals surface area contributed by atoms with Gasteiger partial charge in [-0.15, -0.1) is 0 Å². The Bertz CT molecular complexity index is 1410. The molecule has 3 heteroatoms. The number of para-hydroxylation sites is 1. The number of hydrogen-bond donors (Lipinski definition) is 0. The van der Waals surface area contributed by atoms with E-state index in [1.165, 1.54) is 38.9 Å². The summed E-state index contributed by atoms with van der Waals surface area (Å²) in [6, 6.07) is 24.2. The van der Waals surface area contributed by atoms with Crippen LogP contribution in [0.4, 0.5) is 0 Å². The maximum absolute atomic E-state index is 9.50. The highest BCUT2D eigenvalue weighted by Crippen LogP contribution is 2.36. The SMILES string of the molecule is CCCc1nc2c(C)cccc2n1C(C)c1ccc2c(c1)CCc1ccccc1C2=CC#N. The second kappa shape index (κ2) is 8.71. The van der Waals surface area contributed by atoms with Crippen molar-refractivity contribution in [1.29, 1.82) is 5.26 Å². The number of nitrogens with zero attached hydrogens (tertiary/aromatic N) is 3. The Morgan fingerprint density at radius 2 is 1.82 bits per heavy atom. The number of fused-ring (bicyclic) bond motifs is 3. The third kappa shape index (κ3) is 3.66. The van der Waals surface area contributed by atoms with Crippen LogP contribution in [-0.4, -0.2) is 9.55 Å². The van der Waals surface area contributed by atoms with Crippen molar-refractivity contribution in [3.05, 3.63) is 106 Å². The molecule has 0 saturated carbocycles. The van der Waals surface area contributed by atoms with E-state index in [4.69, 9.17) is 4.98 Å². The summed E-state index contributed by atoms with van der Waals surface area (Å²) in [5, 5.41) is 9.50. The number of benzene rings is 3. The standard InChI is InChI=1S/C30H29N3/c1-4-8-29-32-30-20(2)9-7-12-28(30)33(29)21(3)23-15-16-26-24(19-23)14-13-22-10-5-6-11-25(22)27(26)17-18-31/h5-7,9-12,15-17,19,21H,4,8,13-14H2,1-3H3. The van der Waals surface area contributed by atoms with Gasteiger partial charge in [-0.05, 0) is 78.1 Å². The molecule has 1 atom stereocenters. The van der Waals surface area contributed by atoms with Gasteiger partial charge < -0.3 is 4.57 Å². The van der Waals surface area contributed by atoms with E-state index in [1.807, 2.05) is 0 Å². The molecule has 5 rings (SSSR count). The van der Waals surface area contributed by atoms with Crippen molar-refractivity contribution < 1.29 is 0 Å². The third-order valence-corrected chi connectivity index (χ3v) is 6.94. The Hall–Kier alpha value is -3.64. The van der Waals surface area contributed by atoms with Crippen LogP contribution in [0.25, 0.3) is 16.6 Å². The molecule has 1 aliphatic rings. The summed E-state index contributed by atoms with van der Waals surface area (Å²) in [5.41, 5.74) is 10.8. The predicted octanol–water partition coefficient (Wildman–Crippen LogP) is 6.96. The van der Waals surface area contributed by atoms with E-state index in [-0.39, 0.29) is 6.04 Å². The van der Waals surface area contributed by atoms with Crippen LogP contribution in [0.5, 0.6) is 0 Å². The van der Waals surface area contributed by atoms with Crippen LogP contribution in [0.1, 0.15) is 65.5 Å². The van der Waals surface area contributed by atoms with Crippen molar-refractivity contribution in [2.45, 2.75) is 52.5 Å². The summed E-state index contributed by atoms with van der Waals surface area (Å²) in [5.74, 6) is 1.15. The van der Waals surface area contributed by atoms with E-state index < -0.39 is 0 Å². The van der Waals surface area contributed by atoms with Gasteiger partial charge >= 0.3 is 0 Å². The Morgan fingerprint density at radius 1 is 1.03 bits per heavy atom. The molecule has 0 bridgehead atoms. The van der Waals surface area contributed by atoms with E-state index >= 15 is 0 Å². The van der Waals surface area contributed by atoms with Gasteiger partial charge in [0.25, 0.3) is 0 Å². The van der Waals surface area contributed by atoms with E-state index in [2.05, 4.69) is 92.1 Å². The van der Waals surface area contributed by atoms with Crippen LogP contribution in [0, 0.1) is 18.3 Å². The molecule has 33 heavy (non-hydrogen) atoms. The molecule has 3 aromatic carbocycles. The first-order valence-corrected chi connectivity index (χ1v) is 11.9. The first-order valence-electron chi connectivity index (χ1n) is 11.9. The zero-order valence-electron chi connectivity index (χ0n) is 19.6. The summed E-state index contributed by atoms with van der Waals surface area (Å²) < 4.78 is 2.42. The van der Waals surface area contributed by atoms with Crippen molar-refractivity contribution >= 4 is 16.6 Å². The first kappa shape index (κ1) is 21.2.